The summed E-state index contributed by atoms with van der Waals surface area (Å²) in [6.45, 7) is 0.154. The SMILES string of the molecule is Nc1nc2c(s1)CN(S(=O)(=O)c1ccc(F)cc1)c1ccccc1-2. The van der Waals surface area contributed by atoms with Crippen LogP contribution in [0.1, 0.15) is 4.88 Å². The Balaban J connectivity index is 1.89. The minimum atomic E-state index is -3.82. The molecule has 1 aliphatic heterocycles. The van der Waals surface area contributed by atoms with E-state index in [0.29, 0.717) is 10.8 Å². The fourth-order valence-corrected chi connectivity index (χ4v) is 5.11. The van der Waals surface area contributed by atoms with Gasteiger partial charge in [-0.1, -0.05) is 29.5 Å². The van der Waals surface area contributed by atoms with Crippen molar-refractivity contribution in [2.75, 3.05) is 10.0 Å². The van der Waals surface area contributed by atoms with Crippen LogP contribution in [0.15, 0.2) is 53.4 Å². The van der Waals surface area contributed by atoms with Crippen molar-refractivity contribution < 1.29 is 12.8 Å². The number of nitrogens with two attached hydrogens (primary N) is 1. The maximum Gasteiger partial charge on any atom is 0.264 e. The molecule has 0 amide bonds. The fourth-order valence-electron chi connectivity index (χ4n) is 2.74. The second-order valence-corrected chi connectivity index (χ2v) is 8.28. The molecule has 1 aliphatic rings. The average molecular weight is 361 g/mol. The second-order valence-electron chi connectivity index (χ2n) is 5.31. The lowest BCUT2D eigenvalue weighted by atomic mass is 10.1. The predicted octanol–water partition coefficient (Wildman–Crippen LogP) is 3.24. The molecule has 0 aliphatic carbocycles. The molecule has 0 radical (unpaired) electrons. The molecule has 0 saturated heterocycles. The molecular formula is C16H12FN3O2S2. The van der Waals surface area contributed by atoms with Gasteiger partial charge >= 0.3 is 0 Å². The third kappa shape index (κ3) is 2.26. The molecule has 2 N–H and O–H groups in total. The molecule has 0 unspecified atom stereocenters. The van der Waals surface area contributed by atoms with Gasteiger partial charge in [0.2, 0.25) is 0 Å². The van der Waals surface area contributed by atoms with Gasteiger partial charge in [-0.15, -0.1) is 0 Å². The van der Waals surface area contributed by atoms with E-state index in [0.717, 1.165) is 28.3 Å². The van der Waals surface area contributed by atoms with Crippen LogP contribution in [0, 0.1) is 5.82 Å². The zero-order chi connectivity index (χ0) is 16.9. The first-order valence-electron chi connectivity index (χ1n) is 7.10. The highest BCUT2D eigenvalue weighted by molar-refractivity contribution is 7.92. The van der Waals surface area contributed by atoms with Crippen molar-refractivity contribution in [3.63, 3.8) is 0 Å². The molecular weight excluding hydrogens is 349 g/mol. The molecule has 122 valence electrons. The van der Waals surface area contributed by atoms with Crippen molar-refractivity contribution in [2.24, 2.45) is 0 Å². The van der Waals surface area contributed by atoms with Crippen molar-refractivity contribution in [3.05, 3.63) is 59.2 Å². The average Bonchev–Trinajstić information content (AvgIpc) is 2.95. The smallest absolute Gasteiger partial charge is 0.264 e. The summed E-state index contributed by atoms with van der Waals surface area (Å²) in [6.07, 6.45) is 0. The Morgan fingerprint density at radius 1 is 1.12 bits per heavy atom. The minimum Gasteiger partial charge on any atom is -0.375 e. The van der Waals surface area contributed by atoms with Crippen LogP contribution in [0.2, 0.25) is 0 Å². The largest absolute Gasteiger partial charge is 0.375 e. The van der Waals surface area contributed by atoms with Crippen LogP contribution in [0.3, 0.4) is 0 Å². The summed E-state index contributed by atoms with van der Waals surface area (Å²) in [7, 11) is -3.82. The van der Waals surface area contributed by atoms with Crippen LogP contribution in [0.4, 0.5) is 15.2 Å². The molecule has 4 rings (SSSR count). The summed E-state index contributed by atoms with van der Waals surface area (Å²) in [5.74, 6) is -0.481. The lowest BCUT2D eigenvalue weighted by Crippen LogP contribution is -2.32. The Morgan fingerprint density at radius 3 is 2.58 bits per heavy atom. The Kier molecular flexibility index (Phi) is 3.33. The normalized spacial score (nSPS) is 13.5. The van der Waals surface area contributed by atoms with Gasteiger partial charge in [-0.25, -0.2) is 17.8 Å². The predicted molar refractivity (Wildman–Crippen MR) is 91.7 cm³/mol. The van der Waals surface area contributed by atoms with Crippen LogP contribution in [-0.4, -0.2) is 13.4 Å². The van der Waals surface area contributed by atoms with E-state index in [1.807, 2.05) is 12.1 Å². The van der Waals surface area contributed by atoms with E-state index in [9.17, 15) is 12.8 Å². The number of thiazole rings is 1. The van der Waals surface area contributed by atoms with Crippen molar-refractivity contribution >= 4 is 32.2 Å². The summed E-state index contributed by atoms with van der Waals surface area (Å²) in [5.41, 5.74) is 7.78. The third-order valence-corrected chi connectivity index (χ3v) is 6.47. The third-order valence-electron chi connectivity index (χ3n) is 3.83. The van der Waals surface area contributed by atoms with E-state index in [1.54, 1.807) is 12.1 Å². The minimum absolute atomic E-state index is 0.0413. The van der Waals surface area contributed by atoms with Crippen molar-refractivity contribution in [3.8, 4) is 11.3 Å². The van der Waals surface area contributed by atoms with E-state index < -0.39 is 15.8 Å². The van der Waals surface area contributed by atoms with Gasteiger partial charge in [0.25, 0.3) is 10.0 Å². The maximum absolute atomic E-state index is 13.1. The number of nitrogen functional groups attached to an aromatic ring is 1. The van der Waals surface area contributed by atoms with E-state index >= 15 is 0 Å². The molecule has 2 aromatic carbocycles. The molecule has 0 spiro atoms. The fraction of sp³-hybridized carbons (Fsp3) is 0.0625. The summed E-state index contributed by atoms with van der Waals surface area (Å²) in [5, 5.41) is 0.399. The molecule has 3 aromatic rings. The number of hydrogen-bond donors (Lipinski definition) is 1. The van der Waals surface area contributed by atoms with Crippen molar-refractivity contribution in [1.29, 1.82) is 0 Å². The number of anilines is 2. The van der Waals surface area contributed by atoms with E-state index in [2.05, 4.69) is 4.98 Å². The van der Waals surface area contributed by atoms with Crippen LogP contribution < -0.4 is 10.0 Å². The number of aromatic nitrogens is 1. The highest BCUT2D eigenvalue weighted by Gasteiger charge is 2.33. The molecule has 0 bridgehead atoms. The molecule has 8 heteroatoms. The zero-order valence-electron chi connectivity index (χ0n) is 12.3. The first kappa shape index (κ1) is 15.1. The summed E-state index contributed by atoms with van der Waals surface area (Å²) in [4.78, 5) is 5.15. The van der Waals surface area contributed by atoms with E-state index in [-0.39, 0.29) is 11.4 Å². The van der Waals surface area contributed by atoms with Gasteiger partial charge in [0.05, 0.1) is 27.7 Å². The lowest BCUT2D eigenvalue weighted by molar-refractivity contribution is 0.589. The number of halogens is 1. The number of fused-ring (bicyclic) bond motifs is 3. The van der Waals surface area contributed by atoms with Gasteiger partial charge in [-0.3, -0.25) is 4.31 Å². The maximum atomic E-state index is 13.1. The Hall–Kier alpha value is -2.45. The number of nitrogens with zero attached hydrogens (tertiary/aromatic N) is 2. The van der Waals surface area contributed by atoms with Crippen LogP contribution in [0.5, 0.6) is 0 Å². The highest BCUT2D eigenvalue weighted by atomic mass is 32.2. The Labute approximate surface area is 142 Å². The zero-order valence-corrected chi connectivity index (χ0v) is 13.9. The van der Waals surface area contributed by atoms with Gasteiger partial charge in [0.1, 0.15) is 5.82 Å². The van der Waals surface area contributed by atoms with Gasteiger partial charge in [0.15, 0.2) is 5.13 Å². The summed E-state index contributed by atoms with van der Waals surface area (Å²) >= 11 is 1.27. The van der Waals surface area contributed by atoms with Gasteiger partial charge in [-0.2, -0.15) is 0 Å². The topological polar surface area (TPSA) is 76.3 Å². The van der Waals surface area contributed by atoms with Crippen LogP contribution in [-0.2, 0) is 16.6 Å². The molecule has 24 heavy (non-hydrogen) atoms. The Bertz CT molecular complexity index is 1030. The first-order chi connectivity index (χ1) is 11.5. The number of benzene rings is 2. The van der Waals surface area contributed by atoms with Gasteiger partial charge in [0, 0.05) is 5.56 Å². The van der Waals surface area contributed by atoms with Gasteiger partial charge < -0.3 is 5.73 Å². The van der Waals surface area contributed by atoms with E-state index in [4.69, 9.17) is 5.73 Å². The Morgan fingerprint density at radius 2 is 1.83 bits per heavy atom. The molecule has 5 nitrogen and oxygen atoms in total. The highest BCUT2D eigenvalue weighted by Crippen LogP contribution is 2.43. The summed E-state index contributed by atoms with van der Waals surface area (Å²) in [6, 6.07) is 12.0. The molecule has 1 aromatic heterocycles. The number of rotatable bonds is 2. The summed E-state index contributed by atoms with van der Waals surface area (Å²) < 4.78 is 40.5. The lowest BCUT2D eigenvalue weighted by Gasteiger charge is -2.29. The van der Waals surface area contributed by atoms with Crippen LogP contribution >= 0.6 is 11.3 Å². The first-order valence-corrected chi connectivity index (χ1v) is 9.35. The molecule has 0 fully saturated rings. The van der Waals surface area contributed by atoms with Gasteiger partial charge in [-0.05, 0) is 30.3 Å². The second kappa shape index (κ2) is 5.29. The van der Waals surface area contributed by atoms with Crippen molar-refractivity contribution in [1.82, 2.24) is 4.98 Å². The molecule has 0 atom stereocenters. The molecule has 0 saturated carbocycles. The number of hydrogen-bond acceptors (Lipinski definition) is 5. The quantitative estimate of drug-likeness (QED) is 0.760. The van der Waals surface area contributed by atoms with E-state index in [1.165, 1.54) is 27.8 Å². The monoisotopic (exact) mass is 361 g/mol. The standard InChI is InChI=1S/C16H12FN3O2S2/c17-10-5-7-11(8-6-10)24(21,22)20-9-14-15(19-16(18)23-14)12-3-1-2-4-13(12)20/h1-8H,9H2,(H2,18,19). The van der Waals surface area contributed by atoms with Crippen LogP contribution in [0.25, 0.3) is 11.3 Å². The number of para-hydroxylation sites is 1. The number of sulfonamides is 1. The molecule has 2 heterocycles. The van der Waals surface area contributed by atoms with Crippen molar-refractivity contribution in [2.45, 2.75) is 11.4 Å².